The number of ether oxygens (including phenoxy) is 2. The Morgan fingerprint density at radius 1 is 1.19 bits per heavy atom. The van der Waals surface area contributed by atoms with Crippen molar-refractivity contribution in [2.75, 3.05) is 18.1 Å². The third-order valence-electron chi connectivity index (χ3n) is 5.79. The maximum absolute atomic E-state index is 13.7. The summed E-state index contributed by atoms with van der Waals surface area (Å²) in [5, 5.41) is 0.641. The third-order valence-corrected chi connectivity index (χ3v) is 6.93. The van der Waals surface area contributed by atoms with Gasteiger partial charge < -0.3 is 13.9 Å². The molecule has 0 saturated carbocycles. The van der Waals surface area contributed by atoms with Crippen molar-refractivity contribution >= 4 is 39.3 Å². The highest BCUT2D eigenvalue weighted by molar-refractivity contribution is 7.17. The third kappa shape index (κ3) is 3.87. The molecule has 0 saturated heterocycles. The summed E-state index contributed by atoms with van der Waals surface area (Å²) in [5.74, 6) is -0.439. The molecular weight excluding hydrogens is 480 g/mol. The molecule has 0 bridgehead atoms. The van der Waals surface area contributed by atoms with Crippen LogP contribution in [0.5, 0.6) is 5.75 Å². The van der Waals surface area contributed by atoms with Crippen LogP contribution in [0, 0.1) is 6.92 Å². The number of carbonyl (C=O) groups excluding carboxylic acids is 2. The van der Waals surface area contributed by atoms with Gasteiger partial charge in [0.1, 0.15) is 22.8 Å². The number of hydrogen-bond donors (Lipinski definition) is 0. The van der Waals surface area contributed by atoms with E-state index in [0.717, 1.165) is 11.3 Å². The lowest BCUT2D eigenvalue weighted by molar-refractivity contribution is 0.0554. The van der Waals surface area contributed by atoms with Crippen molar-refractivity contribution in [3.63, 3.8) is 0 Å². The van der Waals surface area contributed by atoms with Gasteiger partial charge in [-0.1, -0.05) is 48.3 Å². The van der Waals surface area contributed by atoms with E-state index in [9.17, 15) is 14.4 Å². The fraction of sp³-hybridized carbons (Fsp3) is 0.185. The van der Waals surface area contributed by atoms with Crippen LogP contribution >= 0.6 is 11.3 Å². The molecule has 36 heavy (non-hydrogen) atoms. The predicted octanol–water partition coefficient (Wildman–Crippen LogP) is 5.05. The number of fused-ring (bicyclic) bond motifs is 2. The average molecular weight is 503 g/mol. The molecule has 1 aliphatic rings. The molecule has 2 aromatic heterocycles. The predicted molar refractivity (Wildman–Crippen MR) is 136 cm³/mol. The number of rotatable bonds is 7. The first kappa shape index (κ1) is 23.5. The van der Waals surface area contributed by atoms with Gasteiger partial charge in [0.25, 0.3) is 5.91 Å². The van der Waals surface area contributed by atoms with Crippen LogP contribution < -0.4 is 15.1 Å². The molecule has 0 radical (unpaired) electrons. The Hall–Kier alpha value is -4.24. The van der Waals surface area contributed by atoms with Crippen molar-refractivity contribution in [2.45, 2.75) is 19.9 Å². The molecule has 0 unspecified atom stereocenters. The number of thiazole rings is 1. The minimum absolute atomic E-state index is 0.0405. The molecule has 4 aromatic rings. The van der Waals surface area contributed by atoms with E-state index in [0.29, 0.717) is 34.6 Å². The van der Waals surface area contributed by atoms with E-state index in [1.807, 2.05) is 6.92 Å². The first-order valence-electron chi connectivity index (χ1n) is 11.3. The Labute approximate surface area is 210 Å². The Balaban J connectivity index is 1.68. The lowest BCUT2D eigenvalue weighted by Gasteiger charge is -2.22. The molecule has 0 aliphatic carbocycles. The number of esters is 1. The number of nitrogens with zero attached hydrogens (tertiary/aromatic N) is 2. The van der Waals surface area contributed by atoms with E-state index in [2.05, 4.69) is 11.6 Å². The lowest BCUT2D eigenvalue weighted by Crippen LogP contribution is -2.29. The Kier molecular flexibility index (Phi) is 6.15. The average Bonchev–Trinajstić information content (AvgIpc) is 3.41. The van der Waals surface area contributed by atoms with E-state index < -0.39 is 17.9 Å². The van der Waals surface area contributed by atoms with Gasteiger partial charge in [0.2, 0.25) is 5.76 Å². The van der Waals surface area contributed by atoms with Crippen molar-refractivity contribution < 1.29 is 23.5 Å². The highest BCUT2D eigenvalue weighted by atomic mass is 32.1. The molecule has 0 N–H and O–H groups in total. The SMILES string of the molecule is C=CCOC(=O)c1sc(N2C(=O)c3oc4ccccc4c(=O)c3[C@@H]2c2ccc(OCC)cc2)nc1C. The second-order valence-electron chi connectivity index (χ2n) is 8.05. The molecule has 0 spiro atoms. The van der Waals surface area contributed by atoms with Gasteiger partial charge in [-0.2, -0.15) is 0 Å². The van der Waals surface area contributed by atoms with Crippen molar-refractivity contribution in [1.29, 1.82) is 0 Å². The number of benzene rings is 2. The largest absolute Gasteiger partial charge is 0.494 e. The molecule has 1 aliphatic heterocycles. The number of hydrogen-bond acceptors (Lipinski definition) is 8. The summed E-state index contributed by atoms with van der Waals surface area (Å²) in [6.07, 6.45) is 1.47. The van der Waals surface area contributed by atoms with Gasteiger partial charge in [-0.15, -0.1) is 0 Å². The van der Waals surface area contributed by atoms with Gasteiger partial charge in [-0.05, 0) is 43.7 Å². The monoisotopic (exact) mass is 502 g/mol. The summed E-state index contributed by atoms with van der Waals surface area (Å²) in [6, 6.07) is 13.2. The highest BCUT2D eigenvalue weighted by Gasteiger charge is 2.45. The number of amides is 1. The van der Waals surface area contributed by atoms with Gasteiger partial charge in [0.05, 0.1) is 29.3 Å². The summed E-state index contributed by atoms with van der Waals surface area (Å²) >= 11 is 1.03. The minimum atomic E-state index is -0.799. The normalized spacial score (nSPS) is 14.7. The van der Waals surface area contributed by atoms with Crippen molar-refractivity contribution in [3.8, 4) is 5.75 Å². The number of aryl methyl sites for hydroxylation is 1. The Morgan fingerprint density at radius 3 is 2.67 bits per heavy atom. The molecule has 1 amide bonds. The first-order valence-corrected chi connectivity index (χ1v) is 12.1. The van der Waals surface area contributed by atoms with Crippen LogP contribution in [0.15, 0.2) is 70.4 Å². The summed E-state index contributed by atoms with van der Waals surface area (Å²) in [5.41, 5.74) is 1.36. The molecule has 1 atom stereocenters. The summed E-state index contributed by atoms with van der Waals surface area (Å²) < 4.78 is 16.7. The molecule has 2 aromatic carbocycles. The molecule has 0 fully saturated rings. The van der Waals surface area contributed by atoms with Crippen LogP contribution in [0.1, 0.15) is 50.0 Å². The molecule has 5 rings (SSSR count). The van der Waals surface area contributed by atoms with Gasteiger partial charge in [0.15, 0.2) is 10.6 Å². The van der Waals surface area contributed by atoms with Crippen molar-refractivity contribution in [1.82, 2.24) is 4.98 Å². The van der Waals surface area contributed by atoms with E-state index in [1.54, 1.807) is 55.5 Å². The zero-order valence-corrected chi connectivity index (χ0v) is 20.5. The lowest BCUT2D eigenvalue weighted by atomic mass is 9.98. The van der Waals surface area contributed by atoms with Crippen LogP contribution in [0.4, 0.5) is 5.13 Å². The summed E-state index contributed by atoms with van der Waals surface area (Å²) in [6.45, 7) is 7.67. The quantitative estimate of drug-likeness (QED) is 0.258. The zero-order valence-electron chi connectivity index (χ0n) is 19.6. The fourth-order valence-electron chi connectivity index (χ4n) is 4.22. The van der Waals surface area contributed by atoms with Crippen LogP contribution in [-0.2, 0) is 4.74 Å². The van der Waals surface area contributed by atoms with Gasteiger partial charge >= 0.3 is 5.97 Å². The van der Waals surface area contributed by atoms with Crippen LogP contribution in [-0.4, -0.2) is 30.1 Å². The summed E-state index contributed by atoms with van der Waals surface area (Å²) in [4.78, 5) is 46.1. The van der Waals surface area contributed by atoms with Gasteiger partial charge in [-0.3, -0.25) is 14.5 Å². The smallest absolute Gasteiger partial charge is 0.350 e. The Bertz CT molecular complexity index is 1550. The van der Waals surface area contributed by atoms with Crippen LogP contribution in [0.3, 0.4) is 0 Å². The van der Waals surface area contributed by atoms with E-state index in [-0.39, 0.29) is 33.4 Å². The van der Waals surface area contributed by atoms with E-state index in [4.69, 9.17) is 13.9 Å². The maximum Gasteiger partial charge on any atom is 0.350 e. The van der Waals surface area contributed by atoms with Gasteiger partial charge in [-0.25, -0.2) is 9.78 Å². The topological polar surface area (TPSA) is 98.9 Å². The Morgan fingerprint density at radius 2 is 1.94 bits per heavy atom. The zero-order chi connectivity index (χ0) is 25.4. The first-order chi connectivity index (χ1) is 17.4. The highest BCUT2D eigenvalue weighted by Crippen LogP contribution is 2.43. The fourth-order valence-corrected chi connectivity index (χ4v) is 5.21. The maximum atomic E-state index is 13.7. The molecule has 8 nitrogen and oxygen atoms in total. The van der Waals surface area contributed by atoms with Gasteiger partial charge in [0, 0.05) is 0 Å². The molecule has 182 valence electrons. The molecular formula is C27H22N2O6S. The number of aromatic nitrogens is 1. The minimum Gasteiger partial charge on any atom is -0.494 e. The second kappa shape index (κ2) is 9.43. The number of anilines is 1. The number of para-hydroxylation sites is 1. The van der Waals surface area contributed by atoms with E-state index in [1.165, 1.54) is 11.0 Å². The standard InChI is InChI=1S/C27H22N2O6S/c1-4-14-34-26(32)24-15(3)28-27(36-24)29-21(16-10-12-17(13-11-16)33-5-2)20-22(30)18-8-6-7-9-19(18)35-23(20)25(29)31/h4,6-13,21H,1,5,14H2,2-3H3/t21-/m0/s1. The van der Waals surface area contributed by atoms with Crippen molar-refractivity contribution in [2.24, 2.45) is 0 Å². The van der Waals surface area contributed by atoms with Crippen LogP contribution in [0.2, 0.25) is 0 Å². The number of carbonyl (C=O) groups is 2. The van der Waals surface area contributed by atoms with Crippen LogP contribution in [0.25, 0.3) is 11.0 Å². The molecule has 3 heterocycles. The van der Waals surface area contributed by atoms with E-state index >= 15 is 0 Å². The second-order valence-corrected chi connectivity index (χ2v) is 9.03. The molecule has 9 heteroatoms. The summed E-state index contributed by atoms with van der Waals surface area (Å²) in [7, 11) is 0. The van der Waals surface area contributed by atoms with Crippen molar-refractivity contribution in [3.05, 3.63) is 98.9 Å².